The summed E-state index contributed by atoms with van der Waals surface area (Å²) in [6, 6.07) is 11.1. The van der Waals surface area contributed by atoms with Gasteiger partial charge in [0.1, 0.15) is 5.82 Å². The Hall–Kier alpha value is -0.950. The molecule has 2 nitrogen and oxygen atoms in total. The number of hydrogen-bond acceptors (Lipinski definition) is 2. The SMILES string of the molecule is CCS(=O)(=O)c1cccc(-c2cc(F)ccc2I)c1. The van der Waals surface area contributed by atoms with Gasteiger partial charge < -0.3 is 0 Å². The van der Waals surface area contributed by atoms with Crippen molar-refractivity contribution in [3.8, 4) is 11.1 Å². The fourth-order valence-electron chi connectivity index (χ4n) is 1.74. The molecule has 100 valence electrons. The molecule has 0 radical (unpaired) electrons. The highest BCUT2D eigenvalue weighted by Crippen LogP contribution is 2.28. The van der Waals surface area contributed by atoms with Crippen molar-refractivity contribution in [2.24, 2.45) is 0 Å². The molecule has 2 rings (SSSR count). The van der Waals surface area contributed by atoms with Crippen molar-refractivity contribution in [3.63, 3.8) is 0 Å². The molecule has 0 aromatic heterocycles. The minimum absolute atomic E-state index is 0.0523. The lowest BCUT2D eigenvalue weighted by atomic mass is 10.1. The third-order valence-electron chi connectivity index (χ3n) is 2.81. The normalized spacial score (nSPS) is 11.5. The maximum atomic E-state index is 13.3. The number of rotatable bonds is 3. The maximum Gasteiger partial charge on any atom is 0.178 e. The van der Waals surface area contributed by atoms with E-state index in [2.05, 4.69) is 22.6 Å². The van der Waals surface area contributed by atoms with Gasteiger partial charge in [-0.15, -0.1) is 0 Å². The minimum atomic E-state index is -3.25. The Morgan fingerprint density at radius 3 is 2.58 bits per heavy atom. The van der Waals surface area contributed by atoms with Crippen LogP contribution in [-0.4, -0.2) is 14.2 Å². The molecule has 0 fully saturated rings. The van der Waals surface area contributed by atoms with Crippen molar-refractivity contribution in [1.82, 2.24) is 0 Å². The second-order valence-electron chi connectivity index (χ2n) is 4.06. The van der Waals surface area contributed by atoms with E-state index in [0.29, 0.717) is 11.1 Å². The molecule has 19 heavy (non-hydrogen) atoms. The van der Waals surface area contributed by atoms with Gasteiger partial charge in [0.25, 0.3) is 0 Å². The van der Waals surface area contributed by atoms with Crippen LogP contribution in [0.4, 0.5) is 4.39 Å². The molecule has 5 heteroatoms. The highest BCUT2D eigenvalue weighted by atomic mass is 127. The van der Waals surface area contributed by atoms with Gasteiger partial charge in [-0.25, -0.2) is 12.8 Å². The van der Waals surface area contributed by atoms with Gasteiger partial charge in [0, 0.05) is 3.57 Å². The van der Waals surface area contributed by atoms with Crippen LogP contribution >= 0.6 is 22.6 Å². The first-order valence-electron chi connectivity index (χ1n) is 5.72. The average Bonchev–Trinajstić information content (AvgIpc) is 2.41. The van der Waals surface area contributed by atoms with Crippen molar-refractivity contribution >= 4 is 32.4 Å². The molecule has 0 unspecified atom stereocenters. The van der Waals surface area contributed by atoms with Crippen LogP contribution in [0.2, 0.25) is 0 Å². The quantitative estimate of drug-likeness (QED) is 0.746. The zero-order chi connectivity index (χ0) is 14.0. The number of hydrogen-bond donors (Lipinski definition) is 0. The van der Waals surface area contributed by atoms with Gasteiger partial charge in [-0.2, -0.15) is 0 Å². The largest absolute Gasteiger partial charge is 0.224 e. The third kappa shape index (κ3) is 3.14. The Kier molecular flexibility index (Phi) is 4.25. The molecule has 0 saturated heterocycles. The van der Waals surface area contributed by atoms with Gasteiger partial charge in [0.2, 0.25) is 0 Å². The van der Waals surface area contributed by atoms with Crippen molar-refractivity contribution in [2.45, 2.75) is 11.8 Å². The zero-order valence-electron chi connectivity index (χ0n) is 10.2. The van der Waals surface area contributed by atoms with E-state index in [0.717, 1.165) is 3.57 Å². The molecule has 0 aliphatic rings. The molecule has 0 aliphatic carbocycles. The van der Waals surface area contributed by atoms with Crippen molar-refractivity contribution in [2.75, 3.05) is 5.75 Å². The van der Waals surface area contributed by atoms with Crippen molar-refractivity contribution in [1.29, 1.82) is 0 Å². The number of benzene rings is 2. The second-order valence-corrected chi connectivity index (χ2v) is 7.50. The van der Waals surface area contributed by atoms with Crippen molar-refractivity contribution < 1.29 is 12.8 Å². The first-order chi connectivity index (χ1) is 8.94. The molecule has 2 aromatic rings. The van der Waals surface area contributed by atoms with Crippen LogP contribution in [0, 0.1) is 9.39 Å². The summed E-state index contributed by atoms with van der Waals surface area (Å²) in [6.45, 7) is 1.61. The molecular formula is C14H12FIO2S. The number of sulfone groups is 1. The van der Waals surface area contributed by atoms with E-state index in [1.165, 1.54) is 12.1 Å². The van der Waals surface area contributed by atoms with Gasteiger partial charge in [-0.3, -0.25) is 0 Å². The monoisotopic (exact) mass is 390 g/mol. The van der Waals surface area contributed by atoms with Crippen LogP contribution in [0.15, 0.2) is 47.4 Å². The molecule has 0 saturated carbocycles. The van der Waals surface area contributed by atoms with E-state index in [1.807, 2.05) is 0 Å². The smallest absolute Gasteiger partial charge is 0.178 e. The second kappa shape index (κ2) is 5.58. The first-order valence-corrected chi connectivity index (χ1v) is 8.45. The molecule has 2 aromatic carbocycles. The fourth-order valence-corrected chi connectivity index (χ4v) is 3.32. The first kappa shape index (κ1) is 14.5. The summed E-state index contributed by atoms with van der Waals surface area (Å²) in [5.41, 5.74) is 1.41. The molecule has 0 amide bonds. The highest BCUT2D eigenvalue weighted by molar-refractivity contribution is 14.1. The Balaban J connectivity index is 2.59. The fraction of sp³-hybridized carbons (Fsp3) is 0.143. The number of halogens is 2. The Bertz CT molecular complexity index is 711. The van der Waals surface area contributed by atoms with E-state index >= 15 is 0 Å². The lowest BCUT2D eigenvalue weighted by Gasteiger charge is -2.07. The molecule has 0 bridgehead atoms. The minimum Gasteiger partial charge on any atom is -0.224 e. The summed E-state index contributed by atoms with van der Waals surface area (Å²) in [4.78, 5) is 0.271. The molecule has 0 heterocycles. The summed E-state index contributed by atoms with van der Waals surface area (Å²) in [6.07, 6.45) is 0. The maximum absolute atomic E-state index is 13.3. The average molecular weight is 390 g/mol. The van der Waals surface area contributed by atoms with Crippen molar-refractivity contribution in [3.05, 3.63) is 51.9 Å². The van der Waals surface area contributed by atoms with Crippen LogP contribution in [0.25, 0.3) is 11.1 Å². The van der Waals surface area contributed by atoms with Gasteiger partial charge in [0.15, 0.2) is 9.84 Å². The van der Waals surface area contributed by atoms with E-state index in [-0.39, 0.29) is 16.5 Å². The van der Waals surface area contributed by atoms with Gasteiger partial charge >= 0.3 is 0 Å². The standard InChI is InChI=1S/C14H12FIO2S/c1-2-19(17,18)12-5-3-4-10(8-12)13-9-11(15)6-7-14(13)16/h3-9H,2H2,1H3. The highest BCUT2D eigenvalue weighted by Gasteiger charge is 2.13. The topological polar surface area (TPSA) is 34.1 Å². The van der Waals surface area contributed by atoms with E-state index in [1.54, 1.807) is 37.3 Å². The van der Waals surface area contributed by atoms with Crippen LogP contribution in [0.1, 0.15) is 6.92 Å². The lowest BCUT2D eigenvalue weighted by molar-refractivity contribution is 0.597. The van der Waals surface area contributed by atoms with Gasteiger partial charge in [-0.1, -0.05) is 19.1 Å². The predicted octanol–water partition coefficient (Wildman–Crippen LogP) is 3.89. The summed E-state index contributed by atoms with van der Waals surface area (Å²) in [5.74, 6) is -0.282. The summed E-state index contributed by atoms with van der Waals surface area (Å²) >= 11 is 2.11. The molecule has 0 atom stereocenters. The molecule has 0 aliphatic heterocycles. The zero-order valence-corrected chi connectivity index (χ0v) is 13.2. The van der Waals surface area contributed by atoms with Crippen LogP contribution in [-0.2, 0) is 9.84 Å². The summed E-state index contributed by atoms with van der Waals surface area (Å²) in [5, 5.41) is 0. The van der Waals surface area contributed by atoms with E-state index in [4.69, 9.17) is 0 Å². The summed E-state index contributed by atoms with van der Waals surface area (Å²) in [7, 11) is -3.25. The third-order valence-corrected chi connectivity index (χ3v) is 5.49. The van der Waals surface area contributed by atoms with Crippen LogP contribution in [0.3, 0.4) is 0 Å². The Labute approximate surface area is 125 Å². The lowest BCUT2D eigenvalue weighted by Crippen LogP contribution is -2.03. The van der Waals surface area contributed by atoms with Crippen LogP contribution in [0.5, 0.6) is 0 Å². The van der Waals surface area contributed by atoms with E-state index in [9.17, 15) is 12.8 Å². The Morgan fingerprint density at radius 1 is 1.16 bits per heavy atom. The molecular weight excluding hydrogens is 378 g/mol. The Morgan fingerprint density at radius 2 is 1.89 bits per heavy atom. The molecule has 0 N–H and O–H groups in total. The van der Waals surface area contributed by atoms with Gasteiger partial charge in [-0.05, 0) is 64.0 Å². The van der Waals surface area contributed by atoms with Gasteiger partial charge in [0.05, 0.1) is 10.6 Å². The summed E-state index contributed by atoms with van der Waals surface area (Å²) < 4.78 is 37.9. The van der Waals surface area contributed by atoms with E-state index < -0.39 is 9.84 Å². The van der Waals surface area contributed by atoms with Crippen LogP contribution < -0.4 is 0 Å². The molecule has 0 spiro atoms. The predicted molar refractivity (Wildman–Crippen MR) is 82.3 cm³/mol.